The largest absolute Gasteiger partial charge is 0.444 e. The summed E-state index contributed by atoms with van der Waals surface area (Å²) in [6, 6.07) is 15.0. The third kappa shape index (κ3) is 5.39. The van der Waals surface area contributed by atoms with Gasteiger partial charge in [0.25, 0.3) is 5.91 Å². The van der Waals surface area contributed by atoms with E-state index in [9.17, 15) is 9.59 Å². The van der Waals surface area contributed by atoms with Gasteiger partial charge in [-0.25, -0.2) is 4.79 Å². The van der Waals surface area contributed by atoms with E-state index in [1.165, 1.54) is 0 Å². The summed E-state index contributed by atoms with van der Waals surface area (Å²) in [5.74, 6) is 0.778. The topological polar surface area (TPSA) is 88.8 Å². The molecular weight excluding hydrogens is 420 g/mol. The predicted molar refractivity (Wildman–Crippen MR) is 124 cm³/mol. The van der Waals surface area contributed by atoms with Crippen molar-refractivity contribution in [3.63, 3.8) is 0 Å². The summed E-state index contributed by atoms with van der Waals surface area (Å²) in [5, 5.41) is 8.27. The fourth-order valence-corrected chi connectivity index (χ4v) is 3.51. The van der Waals surface area contributed by atoms with E-state index in [1.807, 2.05) is 52.0 Å². The summed E-state index contributed by atoms with van der Waals surface area (Å²) in [7, 11) is 0. The van der Waals surface area contributed by atoms with Gasteiger partial charge in [-0.15, -0.1) is 10.2 Å². The lowest BCUT2D eigenvalue weighted by atomic mass is 10.1. The molecule has 0 atom stereocenters. The summed E-state index contributed by atoms with van der Waals surface area (Å²) in [4.78, 5) is 28.5. The molecule has 1 aliphatic rings. The zero-order chi connectivity index (χ0) is 23.6. The van der Waals surface area contributed by atoms with E-state index in [-0.39, 0.29) is 12.0 Å². The predicted octanol–water partition coefficient (Wildman–Crippen LogP) is 4.40. The molecule has 172 valence electrons. The molecule has 8 heteroatoms. The molecule has 0 saturated carbocycles. The van der Waals surface area contributed by atoms with Gasteiger partial charge in [0, 0.05) is 42.9 Å². The third-order valence-electron chi connectivity index (χ3n) is 5.32. The quantitative estimate of drug-likeness (QED) is 0.590. The zero-order valence-corrected chi connectivity index (χ0v) is 19.4. The van der Waals surface area contributed by atoms with Crippen molar-refractivity contribution >= 4 is 12.0 Å². The number of amides is 2. The number of aromatic nitrogens is 2. The summed E-state index contributed by atoms with van der Waals surface area (Å²) in [5.41, 5.74) is 2.79. The van der Waals surface area contributed by atoms with Gasteiger partial charge in [0.2, 0.25) is 11.8 Å². The first kappa shape index (κ1) is 22.5. The lowest BCUT2D eigenvalue weighted by molar-refractivity contribution is 0.0141. The second-order valence-corrected chi connectivity index (χ2v) is 9.12. The van der Waals surface area contributed by atoms with Crippen LogP contribution < -0.4 is 0 Å². The molecule has 0 spiro atoms. The van der Waals surface area contributed by atoms with E-state index < -0.39 is 5.60 Å². The van der Waals surface area contributed by atoms with Crippen molar-refractivity contribution in [1.82, 2.24) is 20.0 Å². The monoisotopic (exact) mass is 448 g/mol. The van der Waals surface area contributed by atoms with Gasteiger partial charge in [0.1, 0.15) is 5.60 Å². The first-order valence-corrected chi connectivity index (χ1v) is 11.0. The smallest absolute Gasteiger partial charge is 0.410 e. The number of ether oxygens (including phenoxy) is 1. The Labute approximate surface area is 193 Å². The highest BCUT2D eigenvalue weighted by atomic mass is 16.6. The van der Waals surface area contributed by atoms with Crippen LogP contribution in [0.2, 0.25) is 0 Å². The number of hydrogen-bond acceptors (Lipinski definition) is 6. The normalized spacial score (nSPS) is 14.3. The lowest BCUT2D eigenvalue weighted by Gasteiger charge is -2.35. The second-order valence-electron chi connectivity index (χ2n) is 9.12. The summed E-state index contributed by atoms with van der Waals surface area (Å²) < 4.78 is 11.2. The van der Waals surface area contributed by atoms with Crippen molar-refractivity contribution < 1.29 is 18.7 Å². The van der Waals surface area contributed by atoms with Gasteiger partial charge in [-0.1, -0.05) is 17.7 Å². The van der Waals surface area contributed by atoms with E-state index in [4.69, 9.17) is 9.15 Å². The Morgan fingerprint density at radius 3 is 1.82 bits per heavy atom. The minimum atomic E-state index is -0.537. The van der Waals surface area contributed by atoms with Gasteiger partial charge in [-0.05, 0) is 64.1 Å². The Balaban J connectivity index is 1.37. The fourth-order valence-electron chi connectivity index (χ4n) is 3.51. The maximum Gasteiger partial charge on any atom is 0.410 e. The van der Waals surface area contributed by atoms with Gasteiger partial charge in [-0.2, -0.15) is 0 Å². The van der Waals surface area contributed by atoms with Crippen molar-refractivity contribution in [1.29, 1.82) is 0 Å². The average Bonchev–Trinajstić information content (AvgIpc) is 3.28. The molecule has 0 unspecified atom stereocenters. The van der Waals surface area contributed by atoms with Crippen LogP contribution in [-0.4, -0.2) is 63.8 Å². The Morgan fingerprint density at radius 1 is 0.818 bits per heavy atom. The van der Waals surface area contributed by atoms with Gasteiger partial charge in [0.15, 0.2) is 0 Å². The molecule has 0 radical (unpaired) electrons. The van der Waals surface area contributed by atoms with Crippen LogP contribution in [0.5, 0.6) is 0 Å². The van der Waals surface area contributed by atoms with E-state index >= 15 is 0 Å². The number of nitrogens with zero attached hydrogens (tertiary/aromatic N) is 4. The average molecular weight is 449 g/mol. The Hall–Kier alpha value is -3.68. The lowest BCUT2D eigenvalue weighted by Crippen LogP contribution is -2.51. The first-order chi connectivity index (χ1) is 15.7. The van der Waals surface area contributed by atoms with Gasteiger partial charge in [-0.3, -0.25) is 4.79 Å². The van der Waals surface area contributed by atoms with Crippen molar-refractivity contribution in [2.45, 2.75) is 33.3 Å². The SMILES string of the molecule is Cc1ccc(-c2nnc(-c3ccc(C(=O)N4CCN(C(=O)OC(C)(C)C)CC4)cc3)o2)cc1. The number of carbonyl (C=O) groups is 2. The van der Waals surface area contributed by atoms with Gasteiger partial charge >= 0.3 is 6.09 Å². The number of aryl methyl sites for hydroxylation is 1. The minimum Gasteiger partial charge on any atom is -0.444 e. The number of hydrogen-bond donors (Lipinski definition) is 0. The van der Waals surface area contributed by atoms with Crippen LogP contribution in [0.3, 0.4) is 0 Å². The van der Waals surface area contributed by atoms with Crippen LogP contribution in [-0.2, 0) is 4.74 Å². The second kappa shape index (κ2) is 9.05. The molecule has 0 aliphatic carbocycles. The highest BCUT2D eigenvalue weighted by Crippen LogP contribution is 2.25. The highest BCUT2D eigenvalue weighted by molar-refractivity contribution is 5.94. The molecule has 33 heavy (non-hydrogen) atoms. The standard InChI is InChI=1S/C25H28N4O4/c1-17-5-7-18(8-6-17)21-26-27-22(32-21)19-9-11-20(12-10-19)23(30)28-13-15-29(16-14-28)24(31)33-25(2,3)4/h5-12H,13-16H2,1-4H3. The van der Waals surface area contributed by atoms with E-state index in [1.54, 1.807) is 34.1 Å². The summed E-state index contributed by atoms with van der Waals surface area (Å²) in [6.07, 6.45) is -0.344. The molecule has 2 aromatic carbocycles. The molecule has 0 bridgehead atoms. The van der Waals surface area contributed by atoms with Gasteiger partial charge in [0.05, 0.1) is 0 Å². The number of carbonyl (C=O) groups excluding carboxylic acids is 2. The maximum absolute atomic E-state index is 12.9. The van der Waals surface area contributed by atoms with Gasteiger partial charge < -0.3 is 19.0 Å². The molecule has 1 fully saturated rings. The van der Waals surface area contributed by atoms with Crippen molar-refractivity contribution in [3.8, 4) is 22.9 Å². The number of piperazine rings is 1. The molecule has 1 aromatic heterocycles. The molecule has 2 amide bonds. The molecule has 4 rings (SSSR count). The van der Waals surface area contributed by atoms with Crippen LogP contribution in [0.15, 0.2) is 52.9 Å². The first-order valence-electron chi connectivity index (χ1n) is 11.0. The maximum atomic E-state index is 12.9. The van der Waals surface area contributed by atoms with E-state index in [0.717, 1.165) is 16.7 Å². The fraction of sp³-hybridized carbons (Fsp3) is 0.360. The molecule has 2 heterocycles. The molecule has 1 saturated heterocycles. The Morgan fingerprint density at radius 2 is 1.30 bits per heavy atom. The molecular formula is C25H28N4O4. The molecule has 3 aromatic rings. The Kier molecular flexibility index (Phi) is 6.18. The van der Waals surface area contributed by atoms with Crippen LogP contribution in [0.25, 0.3) is 22.9 Å². The molecule has 0 N–H and O–H groups in total. The van der Waals surface area contributed by atoms with Crippen LogP contribution in [0.4, 0.5) is 4.79 Å². The van der Waals surface area contributed by atoms with E-state index in [0.29, 0.717) is 43.5 Å². The van der Waals surface area contributed by atoms with Crippen LogP contribution in [0, 0.1) is 6.92 Å². The van der Waals surface area contributed by atoms with Crippen LogP contribution in [0.1, 0.15) is 36.7 Å². The van der Waals surface area contributed by atoms with Crippen LogP contribution >= 0.6 is 0 Å². The van der Waals surface area contributed by atoms with Crippen molar-refractivity contribution in [3.05, 3.63) is 59.7 Å². The third-order valence-corrected chi connectivity index (χ3v) is 5.32. The number of rotatable bonds is 3. The molecule has 1 aliphatic heterocycles. The summed E-state index contributed by atoms with van der Waals surface area (Å²) in [6.45, 7) is 9.36. The molecule has 8 nitrogen and oxygen atoms in total. The zero-order valence-electron chi connectivity index (χ0n) is 19.4. The minimum absolute atomic E-state index is 0.0729. The van der Waals surface area contributed by atoms with E-state index in [2.05, 4.69) is 10.2 Å². The van der Waals surface area contributed by atoms with Crippen molar-refractivity contribution in [2.24, 2.45) is 0 Å². The summed E-state index contributed by atoms with van der Waals surface area (Å²) >= 11 is 0. The van der Waals surface area contributed by atoms with Crippen molar-refractivity contribution in [2.75, 3.05) is 26.2 Å². The number of benzene rings is 2. The Bertz CT molecular complexity index is 1120. The highest BCUT2D eigenvalue weighted by Gasteiger charge is 2.28.